The van der Waals surface area contributed by atoms with E-state index in [1.165, 1.54) is 0 Å². The highest BCUT2D eigenvalue weighted by Crippen LogP contribution is 2.47. The maximum atomic E-state index is 9.46. The van der Waals surface area contributed by atoms with Gasteiger partial charge in [-0.2, -0.15) is 0 Å². The Kier molecular flexibility index (Phi) is 4.63. The van der Waals surface area contributed by atoms with Crippen molar-refractivity contribution >= 4 is 54.3 Å². The molecule has 0 N–H and O–H groups in total. The lowest BCUT2D eigenvalue weighted by molar-refractivity contribution is 0.673. The van der Waals surface area contributed by atoms with Gasteiger partial charge in [0.25, 0.3) is 0 Å². The monoisotopic (exact) mass is 549 g/mol. The molecule has 0 saturated heterocycles. The molecule has 0 amide bonds. The zero-order valence-electron chi connectivity index (χ0n) is 26.2. The molecule has 0 aliphatic carbocycles. The first-order valence-corrected chi connectivity index (χ1v) is 14.5. The standard InChI is InChI=1S/C42H26O/c1-2-12-27(13-3-1)29-15-10-16-30(26-29)39-32-18-6-8-20-34(32)40(35-21-9-7-19-33(35)39)36-22-11-23-38-41(36)37-25-24-28-14-4-5-17-31(28)42(37)43-38/h1-26H/i15D,16D,26D. The van der Waals surface area contributed by atoms with E-state index in [2.05, 4.69) is 72.8 Å². The highest BCUT2D eigenvalue weighted by molar-refractivity contribution is 6.27. The number of benzene rings is 8. The fourth-order valence-electron chi connectivity index (χ4n) is 6.72. The van der Waals surface area contributed by atoms with Gasteiger partial charge < -0.3 is 4.42 Å². The Morgan fingerprint density at radius 2 is 1.05 bits per heavy atom. The second kappa shape index (κ2) is 9.44. The van der Waals surface area contributed by atoms with Crippen LogP contribution in [0.3, 0.4) is 0 Å². The average Bonchev–Trinajstić information content (AvgIpc) is 3.48. The minimum absolute atomic E-state index is 0.174. The third kappa shape index (κ3) is 3.65. The molecular formula is C42H26O. The Labute approximate surface area is 253 Å². The summed E-state index contributed by atoms with van der Waals surface area (Å²) in [6, 6.07) is 47.3. The van der Waals surface area contributed by atoms with Crippen LogP contribution in [0.15, 0.2) is 162 Å². The molecule has 0 spiro atoms. The zero-order chi connectivity index (χ0) is 30.9. The zero-order valence-corrected chi connectivity index (χ0v) is 23.2. The van der Waals surface area contributed by atoms with Crippen LogP contribution in [0, 0.1) is 0 Å². The number of furan rings is 1. The summed E-state index contributed by atoms with van der Waals surface area (Å²) in [5, 5.41) is 8.37. The molecule has 8 aromatic carbocycles. The largest absolute Gasteiger partial charge is 0.455 e. The summed E-state index contributed by atoms with van der Waals surface area (Å²) in [4.78, 5) is 0. The van der Waals surface area contributed by atoms with Gasteiger partial charge in [-0.25, -0.2) is 0 Å². The topological polar surface area (TPSA) is 13.1 Å². The van der Waals surface area contributed by atoms with Gasteiger partial charge in [-0.1, -0.05) is 139 Å². The number of rotatable bonds is 3. The summed E-state index contributed by atoms with van der Waals surface area (Å²) in [7, 11) is 0. The van der Waals surface area contributed by atoms with E-state index in [0.29, 0.717) is 11.1 Å². The van der Waals surface area contributed by atoms with E-state index in [9.17, 15) is 1.37 Å². The van der Waals surface area contributed by atoms with Crippen LogP contribution in [0.5, 0.6) is 0 Å². The molecule has 0 bridgehead atoms. The summed E-state index contributed by atoms with van der Waals surface area (Å²) >= 11 is 0. The molecule has 43 heavy (non-hydrogen) atoms. The number of fused-ring (bicyclic) bond motifs is 7. The number of hydrogen-bond acceptors (Lipinski definition) is 1. The second-order valence-corrected chi connectivity index (χ2v) is 11.0. The molecule has 0 atom stereocenters. The van der Waals surface area contributed by atoms with Gasteiger partial charge in [0, 0.05) is 16.2 Å². The molecule has 200 valence electrons. The van der Waals surface area contributed by atoms with Crippen molar-refractivity contribution in [1.29, 1.82) is 0 Å². The van der Waals surface area contributed by atoms with Gasteiger partial charge in [0.2, 0.25) is 0 Å². The molecule has 0 saturated carbocycles. The molecular weight excluding hydrogens is 520 g/mol. The predicted octanol–water partition coefficient (Wildman–Crippen LogP) is 12.0. The minimum atomic E-state index is 0.174. The summed E-state index contributed by atoms with van der Waals surface area (Å²) in [5.74, 6) is 0. The predicted molar refractivity (Wildman–Crippen MR) is 183 cm³/mol. The molecule has 1 nitrogen and oxygen atoms in total. The molecule has 9 aromatic rings. The quantitative estimate of drug-likeness (QED) is 0.200. The van der Waals surface area contributed by atoms with Gasteiger partial charge >= 0.3 is 0 Å². The van der Waals surface area contributed by atoms with Crippen molar-refractivity contribution in [2.24, 2.45) is 0 Å². The van der Waals surface area contributed by atoms with Gasteiger partial charge in [-0.05, 0) is 78.5 Å². The summed E-state index contributed by atoms with van der Waals surface area (Å²) in [6.07, 6.45) is 0. The SMILES string of the molecule is [2H]c1cc([2H])c(-c2c3ccccc3c(-c3cccc4oc5c6ccccc6ccc5c34)c3ccccc23)c([2H])c1-c1ccccc1. The Morgan fingerprint density at radius 3 is 1.79 bits per heavy atom. The lowest BCUT2D eigenvalue weighted by Gasteiger charge is -2.18. The minimum Gasteiger partial charge on any atom is -0.455 e. The van der Waals surface area contributed by atoms with Crippen LogP contribution in [0.2, 0.25) is 0 Å². The molecule has 0 unspecified atom stereocenters. The number of hydrogen-bond donors (Lipinski definition) is 0. The molecule has 1 aromatic heterocycles. The summed E-state index contributed by atoms with van der Waals surface area (Å²) in [5.41, 5.74) is 6.60. The molecule has 1 heteroatoms. The molecule has 1 heterocycles. The smallest absolute Gasteiger partial charge is 0.143 e. The van der Waals surface area contributed by atoms with E-state index < -0.39 is 0 Å². The van der Waals surface area contributed by atoms with E-state index in [1.807, 2.05) is 60.7 Å². The van der Waals surface area contributed by atoms with Gasteiger partial charge in [0.1, 0.15) is 11.2 Å². The fourth-order valence-corrected chi connectivity index (χ4v) is 6.72. The van der Waals surface area contributed by atoms with Crippen molar-refractivity contribution in [3.63, 3.8) is 0 Å². The first-order chi connectivity index (χ1) is 22.6. The van der Waals surface area contributed by atoms with Crippen molar-refractivity contribution in [1.82, 2.24) is 0 Å². The van der Waals surface area contributed by atoms with Gasteiger partial charge in [-0.15, -0.1) is 0 Å². The van der Waals surface area contributed by atoms with Crippen LogP contribution < -0.4 is 0 Å². The highest BCUT2D eigenvalue weighted by atomic mass is 16.3. The average molecular weight is 550 g/mol. The van der Waals surface area contributed by atoms with Crippen molar-refractivity contribution in [2.75, 3.05) is 0 Å². The van der Waals surface area contributed by atoms with Crippen LogP contribution >= 0.6 is 0 Å². The van der Waals surface area contributed by atoms with Crippen LogP contribution in [0.25, 0.3) is 87.6 Å². The Bertz CT molecular complexity index is 2610. The highest BCUT2D eigenvalue weighted by Gasteiger charge is 2.20. The van der Waals surface area contributed by atoms with Gasteiger partial charge in [-0.3, -0.25) is 0 Å². The van der Waals surface area contributed by atoms with Gasteiger partial charge in [0.15, 0.2) is 0 Å². The maximum absolute atomic E-state index is 9.46. The Hall–Kier alpha value is -5.66. The third-order valence-electron chi connectivity index (χ3n) is 8.58. The van der Waals surface area contributed by atoms with Crippen LogP contribution in [-0.4, -0.2) is 0 Å². The van der Waals surface area contributed by atoms with E-state index in [0.717, 1.165) is 76.5 Å². The van der Waals surface area contributed by atoms with E-state index >= 15 is 0 Å². The second-order valence-electron chi connectivity index (χ2n) is 11.0. The first-order valence-electron chi connectivity index (χ1n) is 16.0. The van der Waals surface area contributed by atoms with Crippen molar-refractivity contribution in [3.05, 3.63) is 158 Å². The van der Waals surface area contributed by atoms with Crippen molar-refractivity contribution in [3.8, 4) is 33.4 Å². The molecule has 0 fully saturated rings. The maximum Gasteiger partial charge on any atom is 0.143 e. The Balaban J connectivity index is 1.42. The van der Waals surface area contributed by atoms with E-state index in [4.69, 9.17) is 7.16 Å². The lowest BCUT2D eigenvalue weighted by Crippen LogP contribution is -1.91. The van der Waals surface area contributed by atoms with Crippen molar-refractivity contribution in [2.45, 2.75) is 0 Å². The molecule has 0 aliphatic heterocycles. The van der Waals surface area contributed by atoms with E-state index in [-0.39, 0.29) is 18.1 Å². The molecule has 0 radical (unpaired) electrons. The third-order valence-corrected chi connectivity index (χ3v) is 8.58. The van der Waals surface area contributed by atoms with Crippen LogP contribution in [0.4, 0.5) is 0 Å². The summed E-state index contributed by atoms with van der Waals surface area (Å²) in [6.45, 7) is 0. The first kappa shape index (κ1) is 21.1. The Morgan fingerprint density at radius 1 is 0.419 bits per heavy atom. The van der Waals surface area contributed by atoms with E-state index in [1.54, 1.807) is 6.07 Å². The normalized spacial score (nSPS) is 12.7. The fraction of sp³-hybridized carbons (Fsp3) is 0. The van der Waals surface area contributed by atoms with Crippen LogP contribution in [-0.2, 0) is 0 Å². The van der Waals surface area contributed by atoms with Crippen LogP contribution in [0.1, 0.15) is 4.11 Å². The summed E-state index contributed by atoms with van der Waals surface area (Å²) < 4.78 is 33.9. The lowest BCUT2D eigenvalue weighted by atomic mass is 9.84. The molecule has 0 aliphatic rings. The van der Waals surface area contributed by atoms with Gasteiger partial charge in [0.05, 0.1) is 4.11 Å². The van der Waals surface area contributed by atoms with Crippen molar-refractivity contribution < 1.29 is 8.53 Å². The molecule has 9 rings (SSSR count).